The molecule has 0 aliphatic rings. The van der Waals surface area contributed by atoms with Gasteiger partial charge in [-0.25, -0.2) is 8.42 Å². The molecule has 2 aromatic carbocycles. The van der Waals surface area contributed by atoms with Crippen LogP contribution >= 0.6 is 0 Å². The lowest BCUT2D eigenvalue weighted by Crippen LogP contribution is -2.31. The van der Waals surface area contributed by atoms with E-state index in [1.807, 2.05) is 38.1 Å². The van der Waals surface area contributed by atoms with E-state index in [2.05, 4.69) is 5.32 Å². The van der Waals surface area contributed by atoms with Gasteiger partial charge in [-0.05, 0) is 49.2 Å². The molecule has 24 heavy (non-hydrogen) atoms. The summed E-state index contributed by atoms with van der Waals surface area (Å²) in [5.74, 6) is -0.197. The first-order chi connectivity index (χ1) is 11.4. The molecule has 0 spiro atoms. The highest BCUT2D eigenvalue weighted by atomic mass is 32.2. The Balaban J connectivity index is 2.41. The zero-order chi connectivity index (χ0) is 17.7. The largest absolute Gasteiger partial charge is 0.326 e. The Hall–Kier alpha value is -2.34. The molecule has 1 amide bonds. The predicted molar refractivity (Wildman–Crippen MR) is 96.8 cm³/mol. The van der Waals surface area contributed by atoms with E-state index in [0.29, 0.717) is 17.9 Å². The van der Waals surface area contributed by atoms with Crippen molar-refractivity contribution in [3.05, 3.63) is 54.1 Å². The third-order valence-corrected chi connectivity index (χ3v) is 5.59. The molecule has 1 N–H and O–H groups in total. The number of nitrogens with zero attached hydrogens (tertiary/aromatic N) is 1. The molecule has 2 rings (SSSR count). The van der Waals surface area contributed by atoms with Gasteiger partial charge >= 0.3 is 0 Å². The number of nitrogens with one attached hydrogen (secondary N) is 1. The first kappa shape index (κ1) is 18.0. The van der Waals surface area contributed by atoms with Crippen LogP contribution in [-0.2, 0) is 21.2 Å². The molecule has 5 nitrogen and oxygen atoms in total. The van der Waals surface area contributed by atoms with E-state index in [9.17, 15) is 13.2 Å². The monoisotopic (exact) mass is 346 g/mol. The minimum absolute atomic E-state index is 0.197. The van der Waals surface area contributed by atoms with Gasteiger partial charge in [0.2, 0.25) is 5.91 Å². The van der Waals surface area contributed by atoms with Gasteiger partial charge in [-0.1, -0.05) is 25.1 Å². The van der Waals surface area contributed by atoms with E-state index in [0.717, 1.165) is 12.0 Å². The Kier molecular flexibility index (Phi) is 5.62. The number of rotatable bonds is 6. The van der Waals surface area contributed by atoms with Crippen LogP contribution in [-0.4, -0.2) is 20.9 Å². The summed E-state index contributed by atoms with van der Waals surface area (Å²) < 4.78 is 27.4. The fourth-order valence-electron chi connectivity index (χ4n) is 2.56. The zero-order valence-electron chi connectivity index (χ0n) is 14.1. The molecule has 0 radical (unpaired) electrons. The van der Waals surface area contributed by atoms with Crippen molar-refractivity contribution < 1.29 is 13.2 Å². The zero-order valence-corrected chi connectivity index (χ0v) is 14.9. The topological polar surface area (TPSA) is 66.5 Å². The number of sulfonamides is 1. The highest BCUT2D eigenvalue weighted by molar-refractivity contribution is 7.92. The van der Waals surface area contributed by atoms with Crippen molar-refractivity contribution in [1.29, 1.82) is 0 Å². The highest BCUT2D eigenvalue weighted by Crippen LogP contribution is 2.27. The number of carbonyl (C=O) groups is 1. The fourth-order valence-corrected chi connectivity index (χ4v) is 4.08. The molecule has 0 saturated heterocycles. The molecule has 2 aromatic rings. The van der Waals surface area contributed by atoms with E-state index in [4.69, 9.17) is 0 Å². The quantitative estimate of drug-likeness (QED) is 0.871. The van der Waals surface area contributed by atoms with Gasteiger partial charge in [-0.2, -0.15) is 0 Å². The smallest absolute Gasteiger partial charge is 0.264 e. The van der Waals surface area contributed by atoms with Crippen molar-refractivity contribution in [3.8, 4) is 0 Å². The van der Waals surface area contributed by atoms with Crippen LogP contribution in [0, 0.1) is 0 Å². The average molecular weight is 346 g/mol. The summed E-state index contributed by atoms with van der Waals surface area (Å²) in [5.41, 5.74) is 2.25. The Morgan fingerprint density at radius 1 is 1.04 bits per heavy atom. The van der Waals surface area contributed by atoms with Gasteiger partial charge in [0, 0.05) is 19.2 Å². The first-order valence-corrected chi connectivity index (χ1v) is 9.32. The molecule has 0 fully saturated rings. The number of para-hydroxylation sites is 1. The lowest BCUT2D eigenvalue weighted by molar-refractivity contribution is -0.114. The van der Waals surface area contributed by atoms with Gasteiger partial charge in [0.05, 0.1) is 10.6 Å². The maximum atomic E-state index is 13.0. The number of anilines is 2. The summed E-state index contributed by atoms with van der Waals surface area (Å²) in [6, 6.07) is 13.7. The van der Waals surface area contributed by atoms with Crippen LogP contribution in [0.3, 0.4) is 0 Å². The summed E-state index contributed by atoms with van der Waals surface area (Å²) in [5, 5.41) is 2.63. The summed E-state index contributed by atoms with van der Waals surface area (Å²) in [6.07, 6.45) is 0.754. The van der Waals surface area contributed by atoms with E-state index in [-0.39, 0.29) is 10.8 Å². The number of carbonyl (C=O) groups excluding carboxylic acids is 1. The predicted octanol–water partition coefficient (Wildman–Crippen LogP) is 3.42. The van der Waals surface area contributed by atoms with Gasteiger partial charge in [-0.3, -0.25) is 9.10 Å². The minimum atomic E-state index is -3.66. The average Bonchev–Trinajstić information content (AvgIpc) is 2.55. The van der Waals surface area contributed by atoms with E-state index >= 15 is 0 Å². The standard InChI is InChI=1S/C18H22N2O3S/c1-4-15-8-6-7-9-18(15)20(5-2)24(22,23)17-12-10-16(11-13-17)19-14(3)21/h6-13H,4-5H2,1-3H3,(H,19,21). The third kappa shape index (κ3) is 3.76. The summed E-state index contributed by atoms with van der Waals surface area (Å²) in [6.45, 7) is 5.56. The maximum Gasteiger partial charge on any atom is 0.264 e. The van der Waals surface area contributed by atoms with Crippen molar-refractivity contribution in [2.45, 2.75) is 32.1 Å². The van der Waals surface area contributed by atoms with Crippen LogP contribution in [0.25, 0.3) is 0 Å². The molecule has 0 heterocycles. The normalized spacial score (nSPS) is 11.1. The number of amides is 1. The lowest BCUT2D eigenvalue weighted by atomic mass is 10.1. The molecule has 0 bridgehead atoms. The Morgan fingerprint density at radius 3 is 2.21 bits per heavy atom. The second-order valence-corrected chi connectivity index (χ2v) is 7.22. The second kappa shape index (κ2) is 7.49. The van der Waals surface area contributed by atoms with E-state index in [1.54, 1.807) is 12.1 Å². The summed E-state index contributed by atoms with van der Waals surface area (Å²) in [4.78, 5) is 11.3. The Morgan fingerprint density at radius 2 is 1.67 bits per heavy atom. The van der Waals surface area contributed by atoms with E-state index in [1.165, 1.54) is 23.4 Å². The van der Waals surface area contributed by atoms with Gasteiger partial charge in [-0.15, -0.1) is 0 Å². The van der Waals surface area contributed by atoms with Gasteiger partial charge < -0.3 is 5.32 Å². The van der Waals surface area contributed by atoms with Crippen LogP contribution in [0.15, 0.2) is 53.4 Å². The van der Waals surface area contributed by atoms with Crippen LogP contribution in [0.2, 0.25) is 0 Å². The van der Waals surface area contributed by atoms with Gasteiger partial charge in [0.25, 0.3) is 10.0 Å². The van der Waals surface area contributed by atoms with Crippen LogP contribution in [0.1, 0.15) is 26.3 Å². The maximum absolute atomic E-state index is 13.0. The third-order valence-electron chi connectivity index (χ3n) is 3.69. The number of hydrogen-bond acceptors (Lipinski definition) is 3. The van der Waals surface area contributed by atoms with Crippen molar-refractivity contribution in [2.75, 3.05) is 16.2 Å². The van der Waals surface area contributed by atoms with Crippen molar-refractivity contribution >= 4 is 27.3 Å². The second-order valence-electron chi connectivity index (χ2n) is 5.36. The fraction of sp³-hybridized carbons (Fsp3) is 0.278. The molecule has 0 unspecified atom stereocenters. The van der Waals surface area contributed by atoms with Crippen LogP contribution < -0.4 is 9.62 Å². The lowest BCUT2D eigenvalue weighted by Gasteiger charge is -2.25. The molecule has 0 atom stereocenters. The molecular formula is C18H22N2O3S. The van der Waals surface area contributed by atoms with E-state index < -0.39 is 10.0 Å². The van der Waals surface area contributed by atoms with Crippen LogP contribution in [0.4, 0.5) is 11.4 Å². The minimum Gasteiger partial charge on any atom is -0.326 e. The molecule has 0 saturated carbocycles. The Labute approximate surface area is 143 Å². The number of hydrogen-bond donors (Lipinski definition) is 1. The van der Waals surface area contributed by atoms with Gasteiger partial charge in [0.15, 0.2) is 0 Å². The SMILES string of the molecule is CCc1ccccc1N(CC)S(=O)(=O)c1ccc(NC(C)=O)cc1. The number of aryl methyl sites for hydroxylation is 1. The van der Waals surface area contributed by atoms with Crippen molar-refractivity contribution in [3.63, 3.8) is 0 Å². The highest BCUT2D eigenvalue weighted by Gasteiger charge is 2.24. The molecular weight excluding hydrogens is 324 g/mol. The molecule has 0 aromatic heterocycles. The van der Waals surface area contributed by atoms with Crippen molar-refractivity contribution in [2.24, 2.45) is 0 Å². The summed E-state index contributed by atoms with van der Waals surface area (Å²) in [7, 11) is -3.66. The van der Waals surface area contributed by atoms with Crippen molar-refractivity contribution in [1.82, 2.24) is 0 Å². The Bertz CT molecular complexity index is 814. The summed E-state index contributed by atoms with van der Waals surface area (Å²) >= 11 is 0. The number of benzene rings is 2. The van der Waals surface area contributed by atoms with Crippen LogP contribution in [0.5, 0.6) is 0 Å². The molecule has 0 aliphatic heterocycles. The first-order valence-electron chi connectivity index (χ1n) is 7.88. The van der Waals surface area contributed by atoms with Gasteiger partial charge in [0.1, 0.15) is 0 Å². The molecule has 0 aliphatic carbocycles. The molecule has 6 heteroatoms. The molecule has 128 valence electrons.